The molecule has 0 N–H and O–H groups in total. The molecule has 0 spiro atoms. The van der Waals surface area contributed by atoms with Gasteiger partial charge in [0.1, 0.15) is 16.0 Å². The second-order valence-electron chi connectivity index (χ2n) is 4.53. The van der Waals surface area contributed by atoms with Crippen LogP contribution in [0.15, 0.2) is 24.7 Å². The van der Waals surface area contributed by atoms with E-state index in [-0.39, 0.29) is 11.1 Å². The van der Waals surface area contributed by atoms with Crippen molar-refractivity contribution in [3.63, 3.8) is 0 Å². The molecule has 6 nitrogen and oxygen atoms in total. The summed E-state index contributed by atoms with van der Waals surface area (Å²) in [6.45, 7) is 3.89. The van der Waals surface area contributed by atoms with Crippen LogP contribution < -0.4 is 4.74 Å². The van der Waals surface area contributed by atoms with Crippen molar-refractivity contribution in [3.8, 4) is 11.6 Å². The fourth-order valence-electron chi connectivity index (χ4n) is 2.06. The van der Waals surface area contributed by atoms with Crippen LogP contribution in [0.1, 0.15) is 22.2 Å². The van der Waals surface area contributed by atoms with Crippen LogP contribution in [-0.2, 0) is 4.74 Å². The van der Waals surface area contributed by atoms with E-state index in [1.807, 2.05) is 6.92 Å². The first-order valence-corrected chi connectivity index (χ1v) is 8.00. The van der Waals surface area contributed by atoms with Gasteiger partial charge < -0.3 is 9.47 Å². The zero-order valence-corrected chi connectivity index (χ0v) is 13.9. The lowest BCUT2D eigenvalue weighted by Gasteiger charge is -2.07. The Morgan fingerprint density at radius 3 is 2.91 bits per heavy atom. The third-order valence-electron chi connectivity index (χ3n) is 3.08. The minimum atomic E-state index is -0.377. The number of thiophene rings is 1. The molecule has 23 heavy (non-hydrogen) atoms. The maximum absolute atomic E-state index is 12.0. The van der Waals surface area contributed by atoms with E-state index >= 15 is 0 Å². The molecule has 0 amide bonds. The van der Waals surface area contributed by atoms with Crippen molar-refractivity contribution < 1.29 is 14.3 Å². The molecular weight excluding hydrogens is 338 g/mol. The molecule has 0 aliphatic rings. The molecule has 3 rings (SSSR count). The summed E-state index contributed by atoms with van der Waals surface area (Å²) in [4.78, 5) is 25.5. The lowest BCUT2D eigenvalue weighted by molar-refractivity contribution is 0.0531. The molecule has 0 aliphatic carbocycles. The third-order valence-corrected chi connectivity index (χ3v) is 4.55. The predicted octanol–water partition coefficient (Wildman–Crippen LogP) is 4.02. The number of rotatable bonds is 4. The van der Waals surface area contributed by atoms with E-state index in [0.29, 0.717) is 33.3 Å². The third kappa shape index (κ3) is 2.97. The van der Waals surface area contributed by atoms with Crippen LogP contribution in [0.5, 0.6) is 11.6 Å². The van der Waals surface area contributed by atoms with Gasteiger partial charge in [-0.05, 0) is 31.5 Å². The number of fused-ring (bicyclic) bond motifs is 1. The molecule has 0 aliphatic heterocycles. The molecule has 3 aromatic heterocycles. The second kappa shape index (κ2) is 6.47. The first kappa shape index (κ1) is 15.6. The van der Waals surface area contributed by atoms with Gasteiger partial charge in [-0.15, -0.1) is 11.3 Å². The summed E-state index contributed by atoms with van der Waals surface area (Å²) in [5.74, 6) is 0.338. The second-order valence-corrected chi connectivity index (χ2v) is 5.89. The van der Waals surface area contributed by atoms with Crippen molar-refractivity contribution in [3.05, 3.63) is 40.3 Å². The van der Waals surface area contributed by atoms with Crippen molar-refractivity contribution >= 4 is 39.1 Å². The molecule has 118 valence electrons. The monoisotopic (exact) mass is 349 g/mol. The van der Waals surface area contributed by atoms with E-state index < -0.39 is 0 Å². The summed E-state index contributed by atoms with van der Waals surface area (Å²) < 4.78 is 10.8. The summed E-state index contributed by atoms with van der Waals surface area (Å²) in [6.07, 6.45) is 2.95. The summed E-state index contributed by atoms with van der Waals surface area (Å²) >= 11 is 7.26. The standard InChI is InChI=1S/C15H12ClN3O3S/c1-3-21-15(20)11-8(2)10-13(18-7-19-14(10)23-11)22-9-5-4-6-17-12(9)16/h4-7H,3H2,1-2H3. The molecule has 0 aromatic carbocycles. The molecule has 0 radical (unpaired) electrons. The van der Waals surface area contributed by atoms with Crippen LogP contribution in [0.25, 0.3) is 10.2 Å². The average Bonchev–Trinajstić information content (AvgIpc) is 2.88. The van der Waals surface area contributed by atoms with Crippen LogP contribution in [0.4, 0.5) is 0 Å². The number of aryl methyl sites for hydroxylation is 1. The molecule has 0 fully saturated rings. The number of halogens is 1. The quantitative estimate of drug-likeness (QED) is 0.523. The maximum atomic E-state index is 12.0. The van der Waals surface area contributed by atoms with Crippen LogP contribution in [0.2, 0.25) is 5.15 Å². The highest BCUT2D eigenvalue weighted by atomic mass is 35.5. The van der Waals surface area contributed by atoms with E-state index in [0.717, 1.165) is 5.56 Å². The molecule has 3 heterocycles. The summed E-state index contributed by atoms with van der Waals surface area (Å²) in [5.41, 5.74) is 0.721. The molecule has 0 bridgehead atoms. The van der Waals surface area contributed by atoms with Gasteiger partial charge in [-0.1, -0.05) is 11.6 Å². The average molecular weight is 350 g/mol. The number of nitrogens with zero attached hydrogens (tertiary/aromatic N) is 3. The zero-order valence-electron chi connectivity index (χ0n) is 12.4. The SMILES string of the molecule is CCOC(=O)c1sc2ncnc(Oc3cccnc3Cl)c2c1C. The summed E-state index contributed by atoms with van der Waals surface area (Å²) in [7, 11) is 0. The first-order valence-electron chi connectivity index (χ1n) is 6.81. The molecule has 0 unspecified atom stereocenters. The van der Waals surface area contributed by atoms with Crippen LogP contribution in [0, 0.1) is 6.92 Å². The Morgan fingerprint density at radius 2 is 2.17 bits per heavy atom. The number of hydrogen-bond acceptors (Lipinski definition) is 7. The van der Waals surface area contributed by atoms with Crippen molar-refractivity contribution in [2.75, 3.05) is 6.61 Å². The van der Waals surface area contributed by atoms with Crippen LogP contribution in [-0.4, -0.2) is 27.5 Å². The summed E-state index contributed by atoms with van der Waals surface area (Å²) in [5, 5.41) is 0.901. The lowest BCUT2D eigenvalue weighted by atomic mass is 10.2. The van der Waals surface area contributed by atoms with Gasteiger partial charge in [-0.3, -0.25) is 0 Å². The van der Waals surface area contributed by atoms with Gasteiger partial charge in [0, 0.05) is 6.20 Å². The molecule has 3 aromatic rings. The van der Waals surface area contributed by atoms with Crippen molar-refractivity contribution in [2.45, 2.75) is 13.8 Å². The highest BCUT2D eigenvalue weighted by molar-refractivity contribution is 7.20. The van der Waals surface area contributed by atoms with Gasteiger partial charge in [0.2, 0.25) is 5.88 Å². The number of esters is 1. The Balaban J connectivity index is 2.08. The van der Waals surface area contributed by atoms with E-state index in [1.165, 1.54) is 17.7 Å². The largest absolute Gasteiger partial charge is 0.462 e. The van der Waals surface area contributed by atoms with Gasteiger partial charge in [0.25, 0.3) is 0 Å². The van der Waals surface area contributed by atoms with E-state index in [2.05, 4.69) is 15.0 Å². The number of aromatic nitrogens is 3. The fourth-order valence-corrected chi connectivity index (χ4v) is 3.25. The van der Waals surface area contributed by atoms with E-state index in [1.54, 1.807) is 25.3 Å². The number of ether oxygens (including phenoxy) is 2. The summed E-state index contributed by atoms with van der Waals surface area (Å²) in [6, 6.07) is 3.40. The maximum Gasteiger partial charge on any atom is 0.348 e. The molecule has 0 saturated carbocycles. The zero-order chi connectivity index (χ0) is 16.4. The van der Waals surface area contributed by atoms with Gasteiger partial charge in [-0.2, -0.15) is 0 Å². The lowest BCUT2D eigenvalue weighted by Crippen LogP contribution is -2.03. The van der Waals surface area contributed by atoms with Crippen molar-refractivity contribution in [2.24, 2.45) is 0 Å². The van der Waals surface area contributed by atoms with Gasteiger partial charge in [0.15, 0.2) is 10.9 Å². The molecule has 8 heteroatoms. The number of carbonyl (C=O) groups is 1. The Hall–Kier alpha value is -2.25. The highest BCUT2D eigenvalue weighted by Gasteiger charge is 2.21. The van der Waals surface area contributed by atoms with Crippen molar-refractivity contribution in [1.82, 2.24) is 15.0 Å². The smallest absolute Gasteiger partial charge is 0.348 e. The normalized spacial score (nSPS) is 10.7. The van der Waals surface area contributed by atoms with Gasteiger partial charge >= 0.3 is 5.97 Å². The van der Waals surface area contributed by atoms with E-state index in [9.17, 15) is 4.79 Å². The minimum absolute atomic E-state index is 0.234. The molecule has 0 atom stereocenters. The molecule has 0 saturated heterocycles. The Kier molecular flexibility index (Phi) is 4.40. The topological polar surface area (TPSA) is 74.2 Å². The van der Waals surface area contributed by atoms with Gasteiger partial charge in [0.05, 0.1) is 12.0 Å². The fraction of sp³-hybridized carbons (Fsp3) is 0.200. The number of pyridine rings is 1. The highest BCUT2D eigenvalue weighted by Crippen LogP contribution is 2.37. The van der Waals surface area contributed by atoms with Gasteiger partial charge in [-0.25, -0.2) is 19.7 Å². The van der Waals surface area contributed by atoms with E-state index in [4.69, 9.17) is 21.1 Å². The Morgan fingerprint density at radius 1 is 1.35 bits per heavy atom. The minimum Gasteiger partial charge on any atom is -0.462 e. The Bertz CT molecular complexity index is 882. The number of hydrogen-bond donors (Lipinski definition) is 0. The van der Waals surface area contributed by atoms with Crippen molar-refractivity contribution in [1.29, 1.82) is 0 Å². The first-order chi connectivity index (χ1) is 11.1. The number of carbonyl (C=O) groups excluding carboxylic acids is 1. The van der Waals surface area contributed by atoms with Crippen LogP contribution in [0.3, 0.4) is 0 Å². The Labute approximate surface area is 141 Å². The van der Waals surface area contributed by atoms with Crippen LogP contribution >= 0.6 is 22.9 Å². The molecular formula is C15H12ClN3O3S. The predicted molar refractivity (Wildman–Crippen MR) is 87.4 cm³/mol.